The van der Waals surface area contributed by atoms with Crippen LogP contribution in [0.5, 0.6) is 0 Å². The van der Waals surface area contributed by atoms with Gasteiger partial charge in [-0.2, -0.15) is 5.26 Å². The van der Waals surface area contributed by atoms with E-state index in [1.54, 1.807) is 6.07 Å². The van der Waals surface area contributed by atoms with Crippen molar-refractivity contribution in [3.05, 3.63) is 23.4 Å². The van der Waals surface area contributed by atoms with Gasteiger partial charge in [-0.3, -0.25) is 4.79 Å². The Kier molecular flexibility index (Phi) is 3.67. The highest BCUT2D eigenvalue weighted by Crippen LogP contribution is 2.26. The van der Waals surface area contributed by atoms with Crippen molar-refractivity contribution in [1.29, 1.82) is 5.26 Å². The molecule has 1 aromatic heterocycles. The number of pyridine rings is 1. The van der Waals surface area contributed by atoms with Crippen LogP contribution in [0.15, 0.2) is 12.1 Å². The lowest BCUT2D eigenvalue weighted by atomic mass is 9.96. The summed E-state index contributed by atoms with van der Waals surface area (Å²) >= 11 is 0. The summed E-state index contributed by atoms with van der Waals surface area (Å²) in [6.07, 6.45) is 0. The Morgan fingerprint density at radius 1 is 1.45 bits per heavy atom. The van der Waals surface area contributed by atoms with Crippen LogP contribution in [0.1, 0.15) is 32.0 Å². The van der Waals surface area contributed by atoms with Crippen LogP contribution in [-0.2, 0) is 4.79 Å². The summed E-state index contributed by atoms with van der Waals surface area (Å²) in [6, 6.07) is 5.75. The average molecular weight is 272 g/mol. The molecule has 0 aliphatic carbocycles. The first-order valence-corrected chi connectivity index (χ1v) is 6.75. The number of nitrogens with zero attached hydrogens (tertiary/aromatic N) is 3. The molecule has 0 spiro atoms. The number of amides is 1. The third kappa shape index (κ3) is 3.08. The van der Waals surface area contributed by atoms with Crippen molar-refractivity contribution < 1.29 is 4.79 Å². The average Bonchev–Trinajstić information content (AvgIpc) is 2.24. The first kappa shape index (κ1) is 14.3. The lowest BCUT2D eigenvalue weighted by Gasteiger charge is -2.40. The van der Waals surface area contributed by atoms with Gasteiger partial charge in [-0.05, 0) is 39.8 Å². The fraction of sp³-hybridized carbons (Fsp3) is 0.533. The Morgan fingerprint density at radius 3 is 2.65 bits per heavy atom. The smallest absolute Gasteiger partial charge is 0.227 e. The number of nitriles is 1. The predicted molar refractivity (Wildman–Crippen MR) is 77.3 cm³/mol. The van der Waals surface area contributed by atoms with Crippen LogP contribution < -0.4 is 10.2 Å². The van der Waals surface area contributed by atoms with Gasteiger partial charge in [0.2, 0.25) is 5.91 Å². The maximum atomic E-state index is 12.0. The standard InChI is InChI=1S/C15H20N4O/c1-10-5-6-11(7-16)13(17-10)19-8-12(9-19)14(20)18-15(2,3)4/h5-6,12H,8-9H2,1-4H3,(H,18,20). The van der Waals surface area contributed by atoms with E-state index < -0.39 is 0 Å². The molecule has 20 heavy (non-hydrogen) atoms. The van der Waals surface area contributed by atoms with E-state index in [0.29, 0.717) is 24.5 Å². The second-order valence-electron chi connectivity index (χ2n) is 6.28. The maximum Gasteiger partial charge on any atom is 0.227 e. The minimum atomic E-state index is -0.211. The van der Waals surface area contributed by atoms with Crippen LogP contribution in [0.25, 0.3) is 0 Å². The fourth-order valence-corrected chi connectivity index (χ4v) is 2.16. The summed E-state index contributed by atoms with van der Waals surface area (Å²) in [7, 11) is 0. The molecule has 0 unspecified atom stereocenters. The van der Waals surface area contributed by atoms with Gasteiger partial charge in [0, 0.05) is 24.3 Å². The number of aryl methyl sites for hydroxylation is 1. The van der Waals surface area contributed by atoms with Crippen molar-refractivity contribution >= 4 is 11.7 Å². The Bertz CT molecular complexity index is 562. The molecular formula is C15H20N4O. The van der Waals surface area contributed by atoms with E-state index in [4.69, 9.17) is 5.26 Å². The zero-order chi connectivity index (χ0) is 14.9. The van der Waals surface area contributed by atoms with Gasteiger partial charge >= 0.3 is 0 Å². The number of hydrogen-bond acceptors (Lipinski definition) is 4. The third-order valence-electron chi connectivity index (χ3n) is 3.18. The molecule has 1 N–H and O–H groups in total. The monoisotopic (exact) mass is 272 g/mol. The van der Waals surface area contributed by atoms with E-state index in [2.05, 4.69) is 16.4 Å². The molecule has 5 heteroatoms. The Hall–Kier alpha value is -2.09. The molecule has 1 aromatic rings. The summed E-state index contributed by atoms with van der Waals surface area (Å²) in [5.74, 6) is 0.732. The number of rotatable bonds is 2. The normalized spacial score (nSPS) is 15.4. The second-order valence-corrected chi connectivity index (χ2v) is 6.28. The highest BCUT2D eigenvalue weighted by Gasteiger charge is 2.35. The summed E-state index contributed by atoms with van der Waals surface area (Å²) in [4.78, 5) is 18.4. The van der Waals surface area contributed by atoms with Crippen molar-refractivity contribution in [1.82, 2.24) is 10.3 Å². The van der Waals surface area contributed by atoms with Crippen molar-refractivity contribution in [3.8, 4) is 6.07 Å². The highest BCUT2D eigenvalue weighted by atomic mass is 16.2. The Balaban J connectivity index is 2.02. The Morgan fingerprint density at radius 2 is 2.10 bits per heavy atom. The molecule has 1 aliphatic rings. The van der Waals surface area contributed by atoms with Gasteiger partial charge in [-0.1, -0.05) is 0 Å². The summed E-state index contributed by atoms with van der Waals surface area (Å²) < 4.78 is 0. The van der Waals surface area contributed by atoms with Gasteiger partial charge in [0.1, 0.15) is 11.9 Å². The highest BCUT2D eigenvalue weighted by molar-refractivity contribution is 5.82. The van der Waals surface area contributed by atoms with Crippen LogP contribution in [-0.4, -0.2) is 29.5 Å². The molecule has 2 heterocycles. The van der Waals surface area contributed by atoms with E-state index in [0.717, 1.165) is 5.69 Å². The minimum Gasteiger partial charge on any atom is -0.354 e. The first-order valence-electron chi connectivity index (χ1n) is 6.75. The van der Waals surface area contributed by atoms with E-state index in [-0.39, 0.29) is 17.4 Å². The van der Waals surface area contributed by atoms with Crippen molar-refractivity contribution in [2.24, 2.45) is 5.92 Å². The molecule has 1 saturated heterocycles. The molecule has 0 atom stereocenters. The van der Waals surface area contributed by atoms with Crippen LogP contribution in [0, 0.1) is 24.2 Å². The molecule has 0 bridgehead atoms. The van der Waals surface area contributed by atoms with Gasteiger partial charge in [0.15, 0.2) is 0 Å². The number of aromatic nitrogens is 1. The molecular weight excluding hydrogens is 252 g/mol. The van der Waals surface area contributed by atoms with Gasteiger partial charge in [0.25, 0.3) is 0 Å². The molecule has 1 fully saturated rings. The first-order chi connectivity index (χ1) is 9.30. The number of nitrogens with one attached hydrogen (secondary N) is 1. The third-order valence-corrected chi connectivity index (χ3v) is 3.18. The molecule has 5 nitrogen and oxygen atoms in total. The fourth-order valence-electron chi connectivity index (χ4n) is 2.16. The number of carbonyl (C=O) groups excluding carboxylic acids is 1. The van der Waals surface area contributed by atoms with E-state index in [9.17, 15) is 4.79 Å². The maximum absolute atomic E-state index is 12.0. The predicted octanol–water partition coefficient (Wildman–Crippen LogP) is 1.61. The van der Waals surface area contributed by atoms with Crippen LogP contribution in [0.4, 0.5) is 5.82 Å². The lowest BCUT2D eigenvalue weighted by Crippen LogP contribution is -2.57. The number of anilines is 1. The van der Waals surface area contributed by atoms with Gasteiger partial charge in [0.05, 0.1) is 11.5 Å². The SMILES string of the molecule is Cc1ccc(C#N)c(N2CC(C(=O)NC(C)(C)C)C2)n1. The molecule has 0 radical (unpaired) electrons. The van der Waals surface area contributed by atoms with E-state index in [1.807, 2.05) is 38.7 Å². The Labute approximate surface area is 119 Å². The lowest BCUT2D eigenvalue weighted by molar-refractivity contribution is -0.127. The van der Waals surface area contributed by atoms with Crippen LogP contribution >= 0.6 is 0 Å². The van der Waals surface area contributed by atoms with Crippen molar-refractivity contribution in [3.63, 3.8) is 0 Å². The molecule has 2 rings (SSSR count). The molecule has 1 aliphatic heterocycles. The van der Waals surface area contributed by atoms with E-state index >= 15 is 0 Å². The van der Waals surface area contributed by atoms with Gasteiger partial charge in [-0.25, -0.2) is 4.98 Å². The van der Waals surface area contributed by atoms with Gasteiger partial charge < -0.3 is 10.2 Å². The van der Waals surface area contributed by atoms with E-state index in [1.165, 1.54) is 0 Å². The van der Waals surface area contributed by atoms with Gasteiger partial charge in [-0.15, -0.1) is 0 Å². The molecule has 1 amide bonds. The summed E-state index contributed by atoms with van der Waals surface area (Å²) in [5.41, 5.74) is 1.23. The molecule has 0 saturated carbocycles. The number of carbonyl (C=O) groups is 1. The zero-order valence-corrected chi connectivity index (χ0v) is 12.4. The largest absolute Gasteiger partial charge is 0.354 e. The second kappa shape index (κ2) is 5.12. The molecule has 106 valence electrons. The topological polar surface area (TPSA) is 69.0 Å². The van der Waals surface area contributed by atoms with Crippen molar-refractivity contribution in [2.45, 2.75) is 33.2 Å². The summed E-state index contributed by atoms with van der Waals surface area (Å²) in [5, 5.41) is 12.1. The summed E-state index contributed by atoms with van der Waals surface area (Å²) in [6.45, 7) is 9.04. The quantitative estimate of drug-likeness (QED) is 0.888. The number of hydrogen-bond donors (Lipinski definition) is 1. The van der Waals surface area contributed by atoms with Crippen LogP contribution in [0.3, 0.4) is 0 Å². The van der Waals surface area contributed by atoms with Crippen molar-refractivity contribution in [2.75, 3.05) is 18.0 Å². The molecule has 0 aromatic carbocycles. The van der Waals surface area contributed by atoms with Crippen LogP contribution in [0.2, 0.25) is 0 Å². The zero-order valence-electron chi connectivity index (χ0n) is 12.4. The minimum absolute atomic E-state index is 0.0249.